The molecule has 5 nitrogen and oxygen atoms in total. The highest BCUT2D eigenvalue weighted by atomic mass is 35.5. The summed E-state index contributed by atoms with van der Waals surface area (Å²) in [6.07, 6.45) is 3.42. The molecule has 0 aliphatic carbocycles. The van der Waals surface area contributed by atoms with Crippen molar-refractivity contribution < 1.29 is 9.59 Å². The summed E-state index contributed by atoms with van der Waals surface area (Å²) in [5.74, 6) is 0.793. The zero-order chi connectivity index (χ0) is 14.3. The van der Waals surface area contributed by atoms with Crippen LogP contribution >= 0.6 is 24.2 Å². The van der Waals surface area contributed by atoms with Crippen LogP contribution in [0.1, 0.15) is 33.1 Å². The number of carbonyl (C=O) groups excluding carboxylic acids is 2. The van der Waals surface area contributed by atoms with Crippen LogP contribution in [0.25, 0.3) is 0 Å². The van der Waals surface area contributed by atoms with Crippen molar-refractivity contribution in [3.63, 3.8) is 0 Å². The molecule has 0 saturated carbocycles. The maximum Gasteiger partial charge on any atom is 0.232 e. The monoisotopic (exact) mass is 323 g/mol. The second-order valence-electron chi connectivity index (χ2n) is 5.70. The Bertz CT molecular complexity index is 315. The summed E-state index contributed by atoms with van der Waals surface area (Å²) in [6.45, 7) is 5.91. The molecule has 0 aromatic heterocycles. The zero-order valence-corrected chi connectivity index (χ0v) is 13.9. The predicted molar refractivity (Wildman–Crippen MR) is 86.3 cm³/mol. The lowest BCUT2D eigenvalue weighted by Gasteiger charge is -2.26. The maximum absolute atomic E-state index is 11.9. The Morgan fingerprint density at radius 3 is 2.35 bits per heavy atom. The topological polar surface area (TPSA) is 75.4 Å². The van der Waals surface area contributed by atoms with E-state index in [1.54, 1.807) is 0 Å². The fourth-order valence-corrected chi connectivity index (χ4v) is 2.59. The third-order valence-electron chi connectivity index (χ3n) is 2.91. The molecule has 0 aromatic carbocycles. The standard InChI is InChI=1S/C13H25N3O2S.ClH/c1-13(2,14)10-15-11(17)8-19-9-12(18)16-6-4-3-5-7-16;/h3-10,14H2,1-2H3,(H,15,17);1H. The average molecular weight is 324 g/mol. The minimum Gasteiger partial charge on any atom is -0.354 e. The summed E-state index contributed by atoms with van der Waals surface area (Å²) in [4.78, 5) is 25.3. The Kier molecular flexibility index (Phi) is 9.25. The molecule has 0 radical (unpaired) electrons. The van der Waals surface area contributed by atoms with Gasteiger partial charge < -0.3 is 16.0 Å². The summed E-state index contributed by atoms with van der Waals surface area (Å²) in [7, 11) is 0. The lowest BCUT2D eigenvalue weighted by molar-refractivity contribution is -0.129. The molecular formula is C13H26ClN3O2S. The number of thioether (sulfide) groups is 1. The Balaban J connectivity index is 0.00000361. The summed E-state index contributed by atoms with van der Waals surface area (Å²) < 4.78 is 0. The Morgan fingerprint density at radius 1 is 1.20 bits per heavy atom. The molecule has 1 heterocycles. The van der Waals surface area contributed by atoms with E-state index in [0.29, 0.717) is 18.1 Å². The van der Waals surface area contributed by atoms with Crippen LogP contribution < -0.4 is 11.1 Å². The second-order valence-corrected chi connectivity index (χ2v) is 6.69. The molecule has 1 aliphatic rings. The van der Waals surface area contributed by atoms with Crippen molar-refractivity contribution in [2.45, 2.75) is 38.6 Å². The van der Waals surface area contributed by atoms with E-state index in [1.807, 2.05) is 18.7 Å². The number of halogens is 1. The highest BCUT2D eigenvalue weighted by molar-refractivity contribution is 8.00. The van der Waals surface area contributed by atoms with Gasteiger partial charge in [-0.1, -0.05) is 0 Å². The van der Waals surface area contributed by atoms with Crippen LogP contribution in [-0.2, 0) is 9.59 Å². The van der Waals surface area contributed by atoms with E-state index in [0.717, 1.165) is 25.9 Å². The second kappa shape index (κ2) is 9.47. The van der Waals surface area contributed by atoms with E-state index in [-0.39, 0.29) is 24.2 Å². The van der Waals surface area contributed by atoms with Crippen LogP contribution in [0.5, 0.6) is 0 Å². The van der Waals surface area contributed by atoms with Gasteiger partial charge in [-0.3, -0.25) is 9.59 Å². The first-order valence-electron chi connectivity index (χ1n) is 6.79. The molecule has 1 fully saturated rings. The van der Waals surface area contributed by atoms with Crippen LogP contribution in [0.4, 0.5) is 0 Å². The minimum atomic E-state index is -0.399. The van der Waals surface area contributed by atoms with E-state index < -0.39 is 5.54 Å². The van der Waals surface area contributed by atoms with E-state index in [2.05, 4.69) is 5.32 Å². The minimum absolute atomic E-state index is 0. The van der Waals surface area contributed by atoms with E-state index >= 15 is 0 Å². The zero-order valence-electron chi connectivity index (χ0n) is 12.3. The van der Waals surface area contributed by atoms with Crippen molar-refractivity contribution >= 4 is 36.0 Å². The van der Waals surface area contributed by atoms with Gasteiger partial charge in [0.2, 0.25) is 11.8 Å². The summed E-state index contributed by atoms with van der Waals surface area (Å²) in [5, 5.41) is 2.77. The van der Waals surface area contributed by atoms with Gasteiger partial charge in [0.15, 0.2) is 0 Å². The molecule has 0 bridgehead atoms. The molecule has 0 aromatic rings. The number of amides is 2. The van der Waals surface area contributed by atoms with Crippen LogP contribution in [0, 0.1) is 0 Å². The molecule has 1 aliphatic heterocycles. The molecule has 3 N–H and O–H groups in total. The third kappa shape index (κ3) is 8.66. The van der Waals surface area contributed by atoms with E-state index in [1.165, 1.54) is 18.2 Å². The number of nitrogens with zero attached hydrogens (tertiary/aromatic N) is 1. The highest BCUT2D eigenvalue weighted by Gasteiger charge is 2.17. The average Bonchev–Trinajstić information content (AvgIpc) is 2.36. The predicted octanol–water partition coefficient (Wildman–Crippen LogP) is 1.01. The van der Waals surface area contributed by atoms with Gasteiger partial charge in [-0.2, -0.15) is 0 Å². The smallest absolute Gasteiger partial charge is 0.232 e. The Hall–Kier alpha value is -0.460. The largest absolute Gasteiger partial charge is 0.354 e. The van der Waals surface area contributed by atoms with Crippen molar-refractivity contribution in [2.24, 2.45) is 5.73 Å². The number of likely N-dealkylation sites (tertiary alicyclic amines) is 1. The quantitative estimate of drug-likeness (QED) is 0.765. The van der Waals surface area contributed by atoms with Gasteiger partial charge in [-0.25, -0.2) is 0 Å². The highest BCUT2D eigenvalue weighted by Crippen LogP contribution is 2.11. The van der Waals surface area contributed by atoms with Gasteiger partial charge in [0.1, 0.15) is 0 Å². The molecule has 118 valence electrons. The van der Waals surface area contributed by atoms with Gasteiger partial charge in [0, 0.05) is 25.2 Å². The number of hydrogen-bond acceptors (Lipinski definition) is 4. The maximum atomic E-state index is 11.9. The first-order valence-corrected chi connectivity index (χ1v) is 7.95. The van der Waals surface area contributed by atoms with Crippen molar-refractivity contribution in [2.75, 3.05) is 31.1 Å². The summed E-state index contributed by atoms with van der Waals surface area (Å²) in [5.41, 5.74) is 5.38. The molecule has 7 heteroatoms. The number of rotatable bonds is 6. The van der Waals surface area contributed by atoms with Crippen LogP contribution in [0.2, 0.25) is 0 Å². The normalized spacial score (nSPS) is 15.4. The SMILES string of the molecule is CC(C)(N)CNC(=O)CSCC(=O)N1CCCCC1.Cl. The molecule has 20 heavy (non-hydrogen) atoms. The van der Waals surface area contributed by atoms with Crippen LogP contribution in [-0.4, -0.2) is 53.4 Å². The lowest BCUT2D eigenvalue weighted by Crippen LogP contribution is -2.45. The van der Waals surface area contributed by atoms with Crippen molar-refractivity contribution in [3.05, 3.63) is 0 Å². The van der Waals surface area contributed by atoms with E-state index in [4.69, 9.17) is 5.73 Å². The van der Waals surface area contributed by atoms with Gasteiger partial charge in [0.05, 0.1) is 11.5 Å². The lowest BCUT2D eigenvalue weighted by atomic mass is 10.1. The number of piperidine rings is 1. The summed E-state index contributed by atoms with van der Waals surface area (Å²) in [6, 6.07) is 0. The van der Waals surface area contributed by atoms with Crippen molar-refractivity contribution in [1.82, 2.24) is 10.2 Å². The van der Waals surface area contributed by atoms with Crippen LogP contribution in [0.3, 0.4) is 0 Å². The van der Waals surface area contributed by atoms with Crippen LogP contribution in [0.15, 0.2) is 0 Å². The molecule has 0 atom stereocenters. The first-order chi connectivity index (χ1) is 8.88. The van der Waals surface area contributed by atoms with Gasteiger partial charge in [-0.05, 0) is 33.1 Å². The number of nitrogens with two attached hydrogens (primary N) is 1. The molecule has 1 saturated heterocycles. The fourth-order valence-electron chi connectivity index (χ4n) is 1.84. The molecule has 0 unspecified atom stereocenters. The number of hydrogen-bond donors (Lipinski definition) is 2. The van der Waals surface area contributed by atoms with Gasteiger partial charge in [0.25, 0.3) is 0 Å². The fraction of sp³-hybridized carbons (Fsp3) is 0.846. The van der Waals surface area contributed by atoms with Gasteiger partial charge >= 0.3 is 0 Å². The molecular weight excluding hydrogens is 298 g/mol. The first kappa shape index (κ1) is 19.5. The molecule has 0 spiro atoms. The Morgan fingerprint density at radius 2 is 1.80 bits per heavy atom. The Labute approximate surface area is 131 Å². The van der Waals surface area contributed by atoms with Gasteiger partial charge in [-0.15, -0.1) is 24.2 Å². The van der Waals surface area contributed by atoms with E-state index in [9.17, 15) is 9.59 Å². The number of nitrogens with one attached hydrogen (secondary N) is 1. The van der Waals surface area contributed by atoms with Crippen molar-refractivity contribution in [3.8, 4) is 0 Å². The molecule has 2 amide bonds. The summed E-state index contributed by atoms with van der Waals surface area (Å²) >= 11 is 1.37. The third-order valence-corrected chi connectivity index (χ3v) is 3.83. The number of carbonyl (C=O) groups is 2. The molecule has 1 rings (SSSR count). The van der Waals surface area contributed by atoms with Crippen molar-refractivity contribution in [1.29, 1.82) is 0 Å².